The van der Waals surface area contributed by atoms with Gasteiger partial charge in [-0.3, -0.25) is 14.2 Å². The molecule has 0 aliphatic rings. The van der Waals surface area contributed by atoms with Gasteiger partial charge in [0.15, 0.2) is 0 Å². The number of benzene rings is 1. The molecule has 0 bridgehead atoms. The van der Waals surface area contributed by atoms with Gasteiger partial charge in [-0.2, -0.15) is 0 Å². The molecular formula is C18H18N4O2S. The highest BCUT2D eigenvalue weighted by molar-refractivity contribution is 7.13. The van der Waals surface area contributed by atoms with Crippen molar-refractivity contribution in [3.63, 3.8) is 0 Å². The molecule has 7 heteroatoms. The van der Waals surface area contributed by atoms with E-state index >= 15 is 0 Å². The smallest absolute Gasteiger partial charge is 0.256 e. The molecule has 0 unspecified atom stereocenters. The van der Waals surface area contributed by atoms with Crippen molar-refractivity contribution in [2.75, 3.05) is 6.54 Å². The molecule has 2 heterocycles. The van der Waals surface area contributed by atoms with Crippen molar-refractivity contribution >= 4 is 17.2 Å². The van der Waals surface area contributed by atoms with Crippen LogP contribution in [0.25, 0.3) is 10.6 Å². The van der Waals surface area contributed by atoms with Crippen molar-refractivity contribution in [1.82, 2.24) is 19.9 Å². The van der Waals surface area contributed by atoms with Gasteiger partial charge in [-0.15, -0.1) is 11.3 Å². The lowest BCUT2D eigenvalue weighted by atomic mass is 10.2. The van der Waals surface area contributed by atoms with Crippen LogP contribution < -0.4 is 10.9 Å². The maximum Gasteiger partial charge on any atom is 0.256 e. The second kappa shape index (κ2) is 7.85. The van der Waals surface area contributed by atoms with Crippen LogP contribution in [0.2, 0.25) is 0 Å². The van der Waals surface area contributed by atoms with E-state index in [1.165, 1.54) is 17.1 Å². The van der Waals surface area contributed by atoms with Crippen molar-refractivity contribution < 1.29 is 4.79 Å². The highest BCUT2D eigenvalue weighted by Gasteiger charge is 2.07. The monoisotopic (exact) mass is 354 g/mol. The molecule has 0 radical (unpaired) electrons. The summed E-state index contributed by atoms with van der Waals surface area (Å²) in [6, 6.07) is 10.00. The third-order valence-electron chi connectivity index (χ3n) is 3.66. The summed E-state index contributed by atoms with van der Waals surface area (Å²) < 4.78 is 1.31. The van der Waals surface area contributed by atoms with E-state index < -0.39 is 0 Å². The highest BCUT2D eigenvalue weighted by atomic mass is 32.1. The van der Waals surface area contributed by atoms with Gasteiger partial charge in [-0.1, -0.05) is 30.3 Å². The molecule has 1 aromatic carbocycles. The van der Waals surface area contributed by atoms with Crippen LogP contribution in [0.5, 0.6) is 0 Å². The molecule has 0 saturated carbocycles. The zero-order valence-corrected chi connectivity index (χ0v) is 14.6. The van der Waals surface area contributed by atoms with Crippen molar-refractivity contribution in [3.05, 3.63) is 69.8 Å². The molecule has 0 aliphatic carbocycles. The predicted octanol–water partition coefficient (Wildman–Crippen LogP) is 2.03. The minimum Gasteiger partial charge on any atom is -0.354 e. The average molecular weight is 354 g/mol. The Hall–Kier alpha value is -2.80. The zero-order chi connectivity index (χ0) is 17.6. The molecule has 0 atom stereocenters. The van der Waals surface area contributed by atoms with Gasteiger partial charge in [0.2, 0.25) is 5.91 Å². The highest BCUT2D eigenvalue weighted by Crippen LogP contribution is 2.23. The lowest BCUT2D eigenvalue weighted by Gasteiger charge is -2.06. The fraction of sp³-hybridized carbons (Fsp3) is 0.222. The summed E-state index contributed by atoms with van der Waals surface area (Å²) in [7, 11) is 0. The van der Waals surface area contributed by atoms with Crippen LogP contribution in [-0.2, 0) is 17.8 Å². The third-order valence-corrected chi connectivity index (χ3v) is 4.60. The predicted molar refractivity (Wildman–Crippen MR) is 97.5 cm³/mol. The van der Waals surface area contributed by atoms with Crippen LogP contribution in [0.1, 0.15) is 11.3 Å². The Balaban J connectivity index is 1.51. The zero-order valence-electron chi connectivity index (χ0n) is 13.8. The molecule has 2 aromatic heterocycles. The minimum absolute atomic E-state index is 0.0279. The molecule has 25 heavy (non-hydrogen) atoms. The number of carbonyl (C=O) groups excluding carboxylic acids is 1. The molecule has 6 nitrogen and oxygen atoms in total. The second-order valence-corrected chi connectivity index (χ2v) is 6.48. The number of hydrogen-bond donors (Lipinski definition) is 1. The van der Waals surface area contributed by atoms with E-state index in [-0.39, 0.29) is 18.0 Å². The molecule has 128 valence electrons. The molecule has 1 amide bonds. The van der Waals surface area contributed by atoms with Gasteiger partial charge < -0.3 is 5.32 Å². The first-order valence-electron chi connectivity index (χ1n) is 7.91. The third kappa shape index (κ3) is 4.39. The summed E-state index contributed by atoms with van der Waals surface area (Å²) in [5.41, 5.74) is 2.36. The summed E-state index contributed by atoms with van der Waals surface area (Å²) in [6.07, 6.45) is 3.51. The van der Waals surface area contributed by atoms with Crippen molar-refractivity contribution in [2.24, 2.45) is 0 Å². The number of carbonyl (C=O) groups is 1. The maximum absolute atomic E-state index is 12.0. The van der Waals surface area contributed by atoms with Gasteiger partial charge >= 0.3 is 0 Å². The summed E-state index contributed by atoms with van der Waals surface area (Å²) in [5, 5.41) is 5.79. The van der Waals surface area contributed by atoms with E-state index in [0.29, 0.717) is 18.5 Å². The van der Waals surface area contributed by atoms with E-state index in [2.05, 4.69) is 15.3 Å². The SMILES string of the molecule is Cc1cncn(CC(=O)NCCc2csc(-c3ccccc3)n2)c1=O. The van der Waals surface area contributed by atoms with Crippen LogP contribution >= 0.6 is 11.3 Å². The van der Waals surface area contributed by atoms with Crippen LogP contribution in [-0.4, -0.2) is 27.0 Å². The molecule has 1 N–H and O–H groups in total. The molecule has 3 rings (SSSR count). The molecule has 0 fully saturated rings. The number of aromatic nitrogens is 3. The Bertz CT molecular complexity index is 918. The summed E-state index contributed by atoms with van der Waals surface area (Å²) in [5.74, 6) is -0.215. The topological polar surface area (TPSA) is 76.9 Å². The fourth-order valence-electron chi connectivity index (χ4n) is 2.35. The van der Waals surface area contributed by atoms with Gasteiger partial charge in [-0.05, 0) is 6.92 Å². The molecule has 0 spiro atoms. The Morgan fingerprint density at radius 2 is 2.08 bits per heavy atom. The Labute approximate surface area is 149 Å². The average Bonchev–Trinajstić information content (AvgIpc) is 3.09. The van der Waals surface area contributed by atoms with Crippen molar-refractivity contribution in [2.45, 2.75) is 19.9 Å². The summed E-state index contributed by atoms with van der Waals surface area (Å²) in [4.78, 5) is 32.4. The molecular weight excluding hydrogens is 336 g/mol. The van der Waals surface area contributed by atoms with Crippen LogP contribution in [0.4, 0.5) is 0 Å². The van der Waals surface area contributed by atoms with E-state index in [1.807, 2.05) is 35.7 Å². The summed E-state index contributed by atoms with van der Waals surface area (Å²) >= 11 is 1.59. The molecule has 0 saturated heterocycles. The van der Waals surface area contributed by atoms with E-state index in [9.17, 15) is 9.59 Å². The van der Waals surface area contributed by atoms with E-state index in [4.69, 9.17) is 0 Å². The van der Waals surface area contributed by atoms with Crippen LogP contribution in [0.3, 0.4) is 0 Å². The standard InChI is InChI=1S/C18H18N4O2S/c1-13-9-19-12-22(18(13)24)10-16(23)20-8-7-15-11-25-17(21-15)14-5-3-2-4-6-14/h2-6,9,11-12H,7-8,10H2,1H3,(H,20,23). The Morgan fingerprint density at radius 1 is 1.28 bits per heavy atom. The maximum atomic E-state index is 12.0. The van der Waals surface area contributed by atoms with Crippen LogP contribution in [0.15, 0.2) is 53.0 Å². The van der Waals surface area contributed by atoms with Gasteiger partial charge in [0.05, 0.1) is 12.0 Å². The Kier molecular flexibility index (Phi) is 5.35. The van der Waals surface area contributed by atoms with Gasteiger partial charge in [0, 0.05) is 35.7 Å². The summed E-state index contributed by atoms with van der Waals surface area (Å²) in [6.45, 7) is 2.13. The lowest BCUT2D eigenvalue weighted by Crippen LogP contribution is -2.34. The number of nitrogens with one attached hydrogen (secondary N) is 1. The minimum atomic E-state index is -0.215. The first kappa shape index (κ1) is 17.0. The van der Waals surface area contributed by atoms with Gasteiger partial charge in [-0.25, -0.2) is 9.97 Å². The number of amides is 1. The van der Waals surface area contributed by atoms with Crippen molar-refractivity contribution in [1.29, 1.82) is 0 Å². The van der Waals surface area contributed by atoms with Gasteiger partial charge in [0.1, 0.15) is 11.6 Å². The van der Waals surface area contributed by atoms with Gasteiger partial charge in [0.25, 0.3) is 5.56 Å². The first-order valence-corrected chi connectivity index (χ1v) is 8.79. The molecule has 0 aliphatic heterocycles. The van der Waals surface area contributed by atoms with E-state index in [1.54, 1.807) is 18.3 Å². The van der Waals surface area contributed by atoms with E-state index in [0.717, 1.165) is 16.3 Å². The number of hydrogen-bond acceptors (Lipinski definition) is 5. The van der Waals surface area contributed by atoms with Crippen LogP contribution in [0, 0.1) is 6.92 Å². The normalized spacial score (nSPS) is 10.6. The lowest BCUT2D eigenvalue weighted by molar-refractivity contribution is -0.121. The molecule has 3 aromatic rings. The number of rotatable bonds is 6. The number of thiazole rings is 1. The Morgan fingerprint density at radius 3 is 2.88 bits per heavy atom. The first-order chi connectivity index (χ1) is 12.1. The fourth-order valence-corrected chi connectivity index (χ4v) is 3.21. The second-order valence-electron chi connectivity index (χ2n) is 5.62. The quantitative estimate of drug-likeness (QED) is 0.735. The van der Waals surface area contributed by atoms with Crippen molar-refractivity contribution in [3.8, 4) is 10.6 Å². The number of nitrogens with zero attached hydrogens (tertiary/aromatic N) is 3. The number of aryl methyl sites for hydroxylation is 1. The largest absolute Gasteiger partial charge is 0.354 e.